The highest BCUT2D eigenvalue weighted by atomic mass is 32.1. The maximum absolute atomic E-state index is 12.0. The van der Waals surface area contributed by atoms with Gasteiger partial charge in [-0.3, -0.25) is 9.69 Å². The van der Waals surface area contributed by atoms with Crippen LogP contribution in [0, 0.1) is 0 Å². The first-order valence-corrected chi connectivity index (χ1v) is 7.49. The minimum absolute atomic E-state index is 0.0832. The molecule has 100 valence electrons. The molecule has 1 unspecified atom stereocenters. The van der Waals surface area contributed by atoms with E-state index in [2.05, 4.69) is 37.1 Å². The zero-order valence-electron chi connectivity index (χ0n) is 11.6. The second-order valence-electron chi connectivity index (χ2n) is 5.34. The number of rotatable bonds is 4. The minimum Gasteiger partial charge on any atom is -0.349 e. The van der Waals surface area contributed by atoms with Crippen molar-refractivity contribution in [3.63, 3.8) is 0 Å². The Morgan fingerprint density at radius 3 is 2.72 bits per heavy atom. The molecule has 0 bridgehead atoms. The predicted molar refractivity (Wildman–Crippen MR) is 75.9 cm³/mol. The Morgan fingerprint density at radius 1 is 1.44 bits per heavy atom. The van der Waals surface area contributed by atoms with Gasteiger partial charge in [-0.05, 0) is 38.8 Å². The Morgan fingerprint density at radius 2 is 2.17 bits per heavy atom. The zero-order chi connectivity index (χ0) is 13.3. The third-order valence-corrected chi connectivity index (χ3v) is 4.72. The Hall–Kier alpha value is -0.870. The molecular weight excluding hydrogens is 244 g/mol. The van der Waals surface area contributed by atoms with Crippen LogP contribution in [0.5, 0.6) is 0 Å². The molecule has 0 spiro atoms. The SMILES string of the molecule is CCC(C)NC(=O)c1cc2c(s1)CN(C(C)C)C2. The number of nitrogens with zero attached hydrogens (tertiary/aromatic N) is 1. The summed E-state index contributed by atoms with van der Waals surface area (Å²) in [6.45, 7) is 10.5. The normalized spacial score (nSPS) is 16.9. The smallest absolute Gasteiger partial charge is 0.261 e. The van der Waals surface area contributed by atoms with Crippen LogP contribution in [0.1, 0.15) is 54.2 Å². The summed E-state index contributed by atoms with van der Waals surface area (Å²) >= 11 is 1.65. The molecule has 1 aromatic rings. The molecule has 0 saturated heterocycles. The van der Waals surface area contributed by atoms with Gasteiger partial charge >= 0.3 is 0 Å². The van der Waals surface area contributed by atoms with Crippen molar-refractivity contribution >= 4 is 17.2 Å². The van der Waals surface area contributed by atoms with Crippen molar-refractivity contribution in [2.45, 2.75) is 59.3 Å². The van der Waals surface area contributed by atoms with Gasteiger partial charge in [-0.15, -0.1) is 11.3 Å². The molecule has 2 rings (SSSR count). The summed E-state index contributed by atoms with van der Waals surface area (Å²) in [5.41, 5.74) is 1.34. The summed E-state index contributed by atoms with van der Waals surface area (Å²) in [7, 11) is 0. The van der Waals surface area contributed by atoms with Gasteiger partial charge in [-0.25, -0.2) is 0 Å². The van der Waals surface area contributed by atoms with E-state index in [1.54, 1.807) is 11.3 Å². The van der Waals surface area contributed by atoms with Crippen molar-refractivity contribution in [2.75, 3.05) is 0 Å². The standard InChI is InChI=1S/C14H22N2OS/c1-5-10(4)15-14(17)12-6-11-7-16(9(2)3)8-13(11)18-12/h6,9-10H,5,7-8H2,1-4H3,(H,15,17). The van der Waals surface area contributed by atoms with Crippen LogP contribution >= 0.6 is 11.3 Å². The first-order valence-electron chi connectivity index (χ1n) is 6.67. The van der Waals surface area contributed by atoms with Crippen molar-refractivity contribution in [2.24, 2.45) is 0 Å². The number of carbonyl (C=O) groups is 1. The van der Waals surface area contributed by atoms with E-state index in [1.165, 1.54) is 10.4 Å². The third-order valence-electron chi connectivity index (χ3n) is 3.56. The van der Waals surface area contributed by atoms with Crippen molar-refractivity contribution < 1.29 is 4.79 Å². The summed E-state index contributed by atoms with van der Waals surface area (Å²) in [6.07, 6.45) is 0.970. The topological polar surface area (TPSA) is 32.3 Å². The van der Waals surface area contributed by atoms with Crippen LogP contribution in [0.25, 0.3) is 0 Å². The maximum atomic E-state index is 12.0. The zero-order valence-corrected chi connectivity index (χ0v) is 12.4. The van der Waals surface area contributed by atoms with Gasteiger partial charge in [0.05, 0.1) is 4.88 Å². The van der Waals surface area contributed by atoms with Crippen molar-refractivity contribution in [1.82, 2.24) is 10.2 Å². The second kappa shape index (κ2) is 5.41. The molecule has 0 fully saturated rings. The molecule has 1 N–H and O–H groups in total. The second-order valence-corrected chi connectivity index (χ2v) is 6.48. The van der Waals surface area contributed by atoms with E-state index in [0.717, 1.165) is 24.4 Å². The van der Waals surface area contributed by atoms with E-state index in [9.17, 15) is 4.79 Å². The molecule has 1 aliphatic rings. The highest BCUT2D eigenvalue weighted by Crippen LogP contribution is 2.32. The Balaban J connectivity index is 2.03. The Labute approximate surface area is 113 Å². The first kappa shape index (κ1) is 13.6. The molecule has 4 heteroatoms. The molecular formula is C14H22N2OS. The van der Waals surface area contributed by atoms with Gasteiger partial charge in [-0.1, -0.05) is 6.92 Å². The first-order chi connectivity index (χ1) is 8.51. The van der Waals surface area contributed by atoms with E-state index in [0.29, 0.717) is 6.04 Å². The van der Waals surface area contributed by atoms with Gasteiger partial charge < -0.3 is 5.32 Å². The van der Waals surface area contributed by atoms with E-state index in [1.807, 2.05) is 6.92 Å². The number of thiophene rings is 1. The summed E-state index contributed by atoms with van der Waals surface area (Å²) in [6, 6.07) is 2.89. The van der Waals surface area contributed by atoms with E-state index in [4.69, 9.17) is 0 Å². The number of amides is 1. The summed E-state index contributed by atoms with van der Waals surface area (Å²) in [4.78, 5) is 16.7. The summed E-state index contributed by atoms with van der Waals surface area (Å²) in [5.74, 6) is 0.0832. The fourth-order valence-corrected chi connectivity index (χ4v) is 3.17. The largest absolute Gasteiger partial charge is 0.349 e. The van der Waals surface area contributed by atoms with Crippen LogP contribution in [0.15, 0.2) is 6.07 Å². The van der Waals surface area contributed by atoms with Gasteiger partial charge in [0.1, 0.15) is 0 Å². The predicted octanol–water partition coefficient (Wildman–Crippen LogP) is 3.00. The van der Waals surface area contributed by atoms with Crippen LogP contribution < -0.4 is 5.32 Å². The van der Waals surface area contributed by atoms with Crippen LogP contribution in [-0.2, 0) is 13.1 Å². The lowest BCUT2D eigenvalue weighted by molar-refractivity contribution is 0.0943. The molecule has 1 aromatic heterocycles. The molecule has 0 aliphatic carbocycles. The van der Waals surface area contributed by atoms with Gasteiger partial charge in [-0.2, -0.15) is 0 Å². The van der Waals surface area contributed by atoms with Crippen LogP contribution in [0.2, 0.25) is 0 Å². The quantitative estimate of drug-likeness (QED) is 0.908. The number of nitrogens with one attached hydrogen (secondary N) is 1. The van der Waals surface area contributed by atoms with E-state index in [-0.39, 0.29) is 11.9 Å². The fourth-order valence-electron chi connectivity index (χ4n) is 2.07. The highest BCUT2D eigenvalue weighted by Gasteiger charge is 2.25. The number of hydrogen-bond acceptors (Lipinski definition) is 3. The summed E-state index contributed by atoms with van der Waals surface area (Å²) < 4.78 is 0. The highest BCUT2D eigenvalue weighted by molar-refractivity contribution is 7.14. The average molecular weight is 266 g/mol. The number of fused-ring (bicyclic) bond motifs is 1. The van der Waals surface area contributed by atoms with Gasteiger partial charge in [0.2, 0.25) is 0 Å². The number of carbonyl (C=O) groups excluding carboxylic acids is 1. The van der Waals surface area contributed by atoms with Crippen molar-refractivity contribution in [3.8, 4) is 0 Å². The molecule has 3 nitrogen and oxygen atoms in total. The monoisotopic (exact) mass is 266 g/mol. The van der Waals surface area contributed by atoms with E-state index >= 15 is 0 Å². The van der Waals surface area contributed by atoms with Crippen LogP contribution in [0.4, 0.5) is 0 Å². The Bertz CT molecular complexity index is 416. The molecule has 18 heavy (non-hydrogen) atoms. The molecule has 0 saturated carbocycles. The molecule has 0 aromatic carbocycles. The van der Waals surface area contributed by atoms with Gasteiger partial charge in [0.25, 0.3) is 5.91 Å². The minimum atomic E-state index is 0.0832. The van der Waals surface area contributed by atoms with Gasteiger partial charge in [0.15, 0.2) is 0 Å². The van der Waals surface area contributed by atoms with Crippen molar-refractivity contribution in [3.05, 3.63) is 21.4 Å². The molecule has 0 radical (unpaired) electrons. The lowest BCUT2D eigenvalue weighted by Gasteiger charge is -2.19. The molecule has 1 aliphatic heterocycles. The summed E-state index contributed by atoms with van der Waals surface area (Å²) in [5, 5.41) is 3.03. The van der Waals surface area contributed by atoms with Gasteiger partial charge in [0, 0.05) is 30.1 Å². The average Bonchev–Trinajstić information content (AvgIpc) is 2.85. The fraction of sp³-hybridized carbons (Fsp3) is 0.643. The molecule has 2 heterocycles. The lowest BCUT2D eigenvalue weighted by Crippen LogP contribution is -2.31. The van der Waals surface area contributed by atoms with Crippen LogP contribution in [-0.4, -0.2) is 22.9 Å². The number of hydrogen-bond donors (Lipinski definition) is 1. The lowest BCUT2D eigenvalue weighted by atomic mass is 10.2. The molecule has 1 atom stereocenters. The third kappa shape index (κ3) is 2.75. The maximum Gasteiger partial charge on any atom is 0.261 e. The Kier molecular flexibility index (Phi) is 4.07. The van der Waals surface area contributed by atoms with Crippen LogP contribution in [0.3, 0.4) is 0 Å². The van der Waals surface area contributed by atoms with Crippen molar-refractivity contribution in [1.29, 1.82) is 0 Å². The van der Waals surface area contributed by atoms with E-state index < -0.39 is 0 Å². The molecule has 1 amide bonds.